The Balaban J connectivity index is 2.08. The molecule has 0 aliphatic heterocycles. The van der Waals surface area contributed by atoms with E-state index < -0.39 is 23.2 Å². The molecule has 0 radical (unpaired) electrons. The van der Waals surface area contributed by atoms with Crippen molar-refractivity contribution in [2.24, 2.45) is 0 Å². The number of rotatable bonds is 5. The Bertz CT molecular complexity index is 725. The summed E-state index contributed by atoms with van der Waals surface area (Å²) in [6, 6.07) is 8.39. The lowest BCUT2D eigenvalue weighted by atomic mass is 10.1. The molecule has 4 nitrogen and oxygen atoms in total. The summed E-state index contributed by atoms with van der Waals surface area (Å²) in [5.41, 5.74) is 6.44. The number of carbonyl (C=O) groups excluding carboxylic acids is 1. The molecule has 1 amide bonds. The Kier molecular flexibility index (Phi) is 5.30. The number of anilines is 2. The molecule has 0 aliphatic rings. The number of nitrogens with two attached hydrogens (primary N) is 1. The Hall–Kier alpha value is -2.89. The molecular formula is C17H16F2N2O2. The van der Waals surface area contributed by atoms with E-state index in [0.29, 0.717) is 23.6 Å². The molecule has 0 unspecified atom stereocenters. The maximum atomic E-state index is 13.4. The molecule has 23 heavy (non-hydrogen) atoms. The number of hydrogen-bond donors (Lipinski definition) is 2. The molecular weight excluding hydrogens is 302 g/mol. The minimum Gasteiger partial charge on any atom is -0.492 e. The monoisotopic (exact) mass is 318 g/mol. The maximum absolute atomic E-state index is 13.4. The van der Waals surface area contributed by atoms with Crippen molar-refractivity contribution in [3.63, 3.8) is 0 Å². The summed E-state index contributed by atoms with van der Waals surface area (Å²) in [6.07, 6.45) is 2.65. The fraction of sp³-hybridized carbons (Fsp3) is 0.118. The van der Waals surface area contributed by atoms with Crippen LogP contribution >= 0.6 is 0 Å². The third kappa shape index (κ3) is 4.29. The first-order valence-corrected chi connectivity index (χ1v) is 6.96. The second-order valence-electron chi connectivity index (χ2n) is 4.65. The van der Waals surface area contributed by atoms with E-state index >= 15 is 0 Å². The fourth-order valence-corrected chi connectivity index (χ4v) is 1.91. The van der Waals surface area contributed by atoms with Crippen LogP contribution in [-0.4, -0.2) is 12.5 Å². The predicted octanol–water partition coefficient (Wildman–Crippen LogP) is 3.60. The summed E-state index contributed by atoms with van der Waals surface area (Å²) in [4.78, 5) is 11.8. The summed E-state index contributed by atoms with van der Waals surface area (Å²) in [5.74, 6) is -1.77. The smallest absolute Gasteiger partial charge is 0.248 e. The average molecular weight is 318 g/mol. The molecule has 0 heterocycles. The number of halogens is 2. The van der Waals surface area contributed by atoms with E-state index in [1.807, 2.05) is 6.92 Å². The van der Waals surface area contributed by atoms with Crippen molar-refractivity contribution < 1.29 is 18.3 Å². The summed E-state index contributed by atoms with van der Waals surface area (Å²) >= 11 is 0. The van der Waals surface area contributed by atoms with Crippen LogP contribution in [0.1, 0.15) is 12.5 Å². The Morgan fingerprint density at radius 3 is 2.57 bits per heavy atom. The van der Waals surface area contributed by atoms with Gasteiger partial charge in [0.25, 0.3) is 0 Å². The van der Waals surface area contributed by atoms with E-state index in [4.69, 9.17) is 10.5 Å². The normalized spacial score (nSPS) is 10.7. The van der Waals surface area contributed by atoms with Crippen molar-refractivity contribution in [3.8, 4) is 5.75 Å². The predicted molar refractivity (Wildman–Crippen MR) is 86.0 cm³/mol. The van der Waals surface area contributed by atoms with Crippen molar-refractivity contribution in [2.45, 2.75) is 6.92 Å². The molecule has 0 bridgehead atoms. The van der Waals surface area contributed by atoms with Crippen LogP contribution < -0.4 is 15.8 Å². The summed E-state index contributed by atoms with van der Waals surface area (Å²) in [6.45, 7) is 2.34. The zero-order chi connectivity index (χ0) is 16.8. The van der Waals surface area contributed by atoms with Crippen LogP contribution in [0.4, 0.5) is 20.2 Å². The van der Waals surface area contributed by atoms with Gasteiger partial charge in [-0.25, -0.2) is 8.78 Å². The fourth-order valence-electron chi connectivity index (χ4n) is 1.91. The molecule has 0 spiro atoms. The van der Waals surface area contributed by atoms with Crippen LogP contribution in [0, 0.1) is 11.6 Å². The zero-order valence-corrected chi connectivity index (χ0v) is 12.5. The quantitative estimate of drug-likeness (QED) is 0.654. The van der Waals surface area contributed by atoms with E-state index in [0.717, 1.165) is 12.1 Å². The van der Waals surface area contributed by atoms with Gasteiger partial charge in [0.15, 0.2) is 0 Å². The molecule has 2 aromatic rings. The molecule has 2 aromatic carbocycles. The molecule has 0 atom stereocenters. The van der Waals surface area contributed by atoms with Gasteiger partial charge < -0.3 is 15.8 Å². The number of nitrogens with one attached hydrogen (secondary N) is 1. The molecule has 0 aromatic heterocycles. The topological polar surface area (TPSA) is 64.3 Å². The molecule has 0 aliphatic carbocycles. The highest BCUT2D eigenvalue weighted by Crippen LogP contribution is 2.23. The van der Waals surface area contributed by atoms with Crippen molar-refractivity contribution in [3.05, 3.63) is 59.7 Å². The number of ether oxygens (including phenoxy) is 1. The van der Waals surface area contributed by atoms with E-state index in [9.17, 15) is 13.6 Å². The largest absolute Gasteiger partial charge is 0.492 e. The molecule has 3 N–H and O–H groups in total. The highest BCUT2D eigenvalue weighted by atomic mass is 19.1. The number of carbonyl (C=O) groups is 1. The van der Waals surface area contributed by atoms with Crippen LogP contribution in [0.15, 0.2) is 42.5 Å². The first kappa shape index (κ1) is 16.5. The summed E-state index contributed by atoms with van der Waals surface area (Å²) < 4.78 is 32.2. The molecule has 120 valence electrons. The number of hydrogen-bond acceptors (Lipinski definition) is 3. The van der Waals surface area contributed by atoms with E-state index in [1.165, 1.54) is 18.2 Å². The highest BCUT2D eigenvalue weighted by molar-refractivity contribution is 6.02. The van der Waals surface area contributed by atoms with Crippen LogP contribution in [0.2, 0.25) is 0 Å². The van der Waals surface area contributed by atoms with Crippen molar-refractivity contribution >= 4 is 23.4 Å². The number of benzene rings is 2. The van der Waals surface area contributed by atoms with E-state index in [-0.39, 0.29) is 0 Å². The molecule has 2 rings (SSSR count). The van der Waals surface area contributed by atoms with Crippen LogP contribution in [0.3, 0.4) is 0 Å². The first-order chi connectivity index (χ1) is 11.0. The lowest BCUT2D eigenvalue weighted by molar-refractivity contribution is -0.111. The number of para-hydroxylation sites is 1. The van der Waals surface area contributed by atoms with Crippen LogP contribution in [0.25, 0.3) is 6.08 Å². The number of amides is 1. The maximum Gasteiger partial charge on any atom is 0.248 e. The van der Waals surface area contributed by atoms with Gasteiger partial charge in [0.05, 0.1) is 12.3 Å². The van der Waals surface area contributed by atoms with Gasteiger partial charge >= 0.3 is 0 Å². The molecule has 0 saturated heterocycles. The van der Waals surface area contributed by atoms with Gasteiger partial charge in [-0.1, -0.05) is 12.1 Å². The Morgan fingerprint density at radius 1 is 1.26 bits per heavy atom. The van der Waals surface area contributed by atoms with Crippen LogP contribution in [-0.2, 0) is 4.79 Å². The van der Waals surface area contributed by atoms with Gasteiger partial charge in [0, 0.05) is 6.08 Å². The minimum atomic E-state index is -0.836. The average Bonchev–Trinajstić information content (AvgIpc) is 2.51. The van der Waals surface area contributed by atoms with Crippen molar-refractivity contribution in [2.75, 3.05) is 17.7 Å². The summed E-state index contributed by atoms with van der Waals surface area (Å²) in [5, 5.41) is 2.16. The second kappa shape index (κ2) is 7.40. The third-order valence-electron chi connectivity index (χ3n) is 2.97. The zero-order valence-electron chi connectivity index (χ0n) is 12.5. The van der Waals surface area contributed by atoms with E-state index in [2.05, 4.69) is 5.32 Å². The van der Waals surface area contributed by atoms with Crippen molar-refractivity contribution in [1.29, 1.82) is 0 Å². The third-order valence-corrected chi connectivity index (χ3v) is 2.97. The van der Waals surface area contributed by atoms with Gasteiger partial charge in [-0.2, -0.15) is 0 Å². The Labute approximate surface area is 132 Å². The second-order valence-corrected chi connectivity index (χ2v) is 4.65. The SMILES string of the molecule is CCOc1ccc(/C=C\C(=O)Nc2c(F)cccc2F)cc1N. The number of nitrogen functional groups attached to an aromatic ring is 1. The van der Waals surface area contributed by atoms with Gasteiger partial charge in [-0.3, -0.25) is 4.79 Å². The van der Waals surface area contributed by atoms with Gasteiger partial charge in [-0.05, 0) is 42.8 Å². The van der Waals surface area contributed by atoms with E-state index in [1.54, 1.807) is 18.2 Å². The lowest BCUT2D eigenvalue weighted by Gasteiger charge is -2.07. The summed E-state index contributed by atoms with van der Waals surface area (Å²) in [7, 11) is 0. The Morgan fingerprint density at radius 2 is 1.96 bits per heavy atom. The highest BCUT2D eigenvalue weighted by Gasteiger charge is 2.10. The van der Waals surface area contributed by atoms with Gasteiger partial charge in [0.2, 0.25) is 5.91 Å². The van der Waals surface area contributed by atoms with Gasteiger partial charge in [-0.15, -0.1) is 0 Å². The van der Waals surface area contributed by atoms with Gasteiger partial charge in [0.1, 0.15) is 23.1 Å². The molecule has 6 heteroatoms. The first-order valence-electron chi connectivity index (χ1n) is 6.96. The molecule has 0 saturated carbocycles. The standard InChI is InChI=1S/C17H16F2N2O2/c1-2-23-15-8-6-11(10-14(15)20)7-9-16(22)21-17-12(18)4-3-5-13(17)19/h3-10H,2,20H2,1H3,(H,21,22)/b9-7-. The minimum absolute atomic E-state index is 0.439. The van der Waals surface area contributed by atoms with Crippen LogP contribution in [0.5, 0.6) is 5.75 Å². The van der Waals surface area contributed by atoms with Crippen molar-refractivity contribution in [1.82, 2.24) is 0 Å². The lowest BCUT2D eigenvalue weighted by Crippen LogP contribution is -2.10. The molecule has 0 fully saturated rings.